The van der Waals surface area contributed by atoms with Gasteiger partial charge in [-0.15, -0.1) is 0 Å². The predicted molar refractivity (Wildman–Crippen MR) is 107 cm³/mol. The van der Waals surface area contributed by atoms with Gasteiger partial charge in [-0.05, 0) is 12.1 Å². The van der Waals surface area contributed by atoms with Gasteiger partial charge in [0.05, 0.1) is 6.20 Å². The fourth-order valence-corrected chi connectivity index (χ4v) is 3.72. The molecule has 6 nitrogen and oxygen atoms in total. The summed E-state index contributed by atoms with van der Waals surface area (Å²) in [7, 11) is 2.00. The molecule has 6 heteroatoms. The third-order valence-corrected chi connectivity index (χ3v) is 5.02. The molecule has 0 amide bonds. The van der Waals surface area contributed by atoms with Gasteiger partial charge in [0.1, 0.15) is 24.6 Å². The first-order valence-electron chi connectivity index (χ1n) is 9.04. The minimum atomic E-state index is -0.0347. The van der Waals surface area contributed by atoms with E-state index in [4.69, 9.17) is 0 Å². The molecule has 28 heavy (non-hydrogen) atoms. The van der Waals surface area contributed by atoms with E-state index in [9.17, 15) is 4.79 Å². The van der Waals surface area contributed by atoms with Crippen molar-refractivity contribution in [2.45, 2.75) is 6.54 Å². The number of para-hydroxylation sites is 1. The fraction of sp³-hybridized carbons (Fsp3) is 0.0909. The molecule has 1 aromatic carbocycles. The summed E-state index contributed by atoms with van der Waals surface area (Å²) >= 11 is 0. The lowest BCUT2D eigenvalue weighted by Gasteiger charge is -2.06. The van der Waals surface area contributed by atoms with Crippen LogP contribution in [0.3, 0.4) is 0 Å². The molecule has 0 aliphatic heterocycles. The van der Waals surface area contributed by atoms with Crippen LogP contribution in [0, 0.1) is 0 Å². The number of nitrogens with zero attached hydrogens (tertiary/aromatic N) is 5. The second-order valence-electron chi connectivity index (χ2n) is 6.82. The molecule has 5 rings (SSSR count). The second kappa shape index (κ2) is 6.42. The Kier molecular flexibility index (Phi) is 3.76. The van der Waals surface area contributed by atoms with Gasteiger partial charge < -0.3 is 4.57 Å². The van der Waals surface area contributed by atoms with Crippen LogP contribution in [0.2, 0.25) is 0 Å². The summed E-state index contributed by atoms with van der Waals surface area (Å²) in [4.78, 5) is 21.5. The molecule has 0 aliphatic carbocycles. The number of aromatic nitrogens is 5. The quantitative estimate of drug-likeness (QED) is 0.460. The highest BCUT2D eigenvalue weighted by Crippen LogP contribution is 2.27. The van der Waals surface area contributed by atoms with Crippen molar-refractivity contribution in [3.63, 3.8) is 0 Å². The van der Waals surface area contributed by atoms with Crippen molar-refractivity contribution in [3.8, 4) is 11.1 Å². The fourth-order valence-electron chi connectivity index (χ4n) is 3.72. The smallest absolute Gasteiger partial charge is 0.350 e. The van der Waals surface area contributed by atoms with E-state index in [0.717, 1.165) is 27.7 Å². The average Bonchev–Trinajstić information content (AvgIpc) is 3.08. The molecule has 0 N–H and O–H groups in total. The number of aryl methyl sites for hydroxylation is 1. The predicted octanol–water partition coefficient (Wildman–Crippen LogP) is 2.58. The molecule has 136 valence electrons. The Hall–Kier alpha value is -3.80. The van der Waals surface area contributed by atoms with Crippen molar-refractivity contribution in [2.24, 2.45) is 7.05 Å². The summed E-state index contributed by atoms with van der Waals surface area (Å²) in [6.07, 6.45) is 10.9. The number of hydrogen-bond donors (Lipinski definition) is 0. The van der Waals surface area contributed by atoms with E-state index in [1.54, 1.807) is 16.8 Å². The molecule has 0 unspecified atom stereocenters. The molecule has 4 aromatic heterocycles. The molecule has 0 bridgehead atoms. The van der Waals surface area contributed by atoms with Crippen LogP contribution < -0.4 is 10.1 Å². The van der Waals surface area contributed by atoms with E-state index in [1.165, 1.54) is 6.33 Å². The number of hydrogen-bond acceptors (Lipinski definition) is 3. The Bertz CT molecular complexity index is 1370. The maximum Gasteiger partial charge on any atom is 0.350 e. The van der Waals surface area contributed by atoms with Crippen LogP contribution in [0.1, 0.15) is 5.56 Å². The molecule has 4 heterocycles. The number of pyridine rings is 1. The summed E-state index contributed by atoms with van der Waals surface area (Å²) in [5.41, 5.74) is 4.45. The minimum absolute atomic E-state index is 0.0347. The van der Waals surface area contributed by atoms with E-state index in [2.05, 4.69) is 31.2 Å². The van der Waals surface area contributed by atoms with Crippen molar-refractivity contribution in [1.82, 2.24) is 18.9 Å². The van der Waals surface area contributed by atoms with Crippen molar-refractivity contribution in [2.75, 3.05) is 0 Å². The molecule has 0 aliphatic rings. The number of benzene rings is 1. The summed E-state index contributed by atoms with van der Waals surface area (Å²) < 4.78 is 5.82. The van der Waals surface area contributed by atoms with Crippen LogP contribution in [0.25, 0.3) is 27.7 Å². The maximum absolute atomic E-state index is 13.3. The second-order valence-corrected chi connectivity index (χ2v) is 6.82. The van der Waals surface area contributed by atoms with E-state index in [1.807, 2.05) is 56.0 Å². The first-order chi connectivity index (χ1) is 13.7. The highest BCUT2D eigenvalue weighted by molar-refractivity contribution is 5.95. The van der Waals surface area contributed by atoms with E-state index < -0.39 is 0 Å². The topological polar surface area (TPSA) is 56.1 Å². The molecule has 0 saturated carbocycles. The Balaban J connectivity index is 1.80. The van der Waals surface area contributed by atoms with Gasteiger partial charge >= 0.3 is 5.56 Å². The normalized spacial score (nSPS) is 11.3. The maximum atomic E-state index is 13.3. The van der Waals surface area contributed by atoms with Gasteiger partial charge in [0.2, 0.25) is 0 Å². The summed E-state index contributed by atoms with van der Waals surface area (Å²) in [5, 5.41) is 1.06. The Labute approximate surface area is 161 Å². The molecule has 0 fully saturated rings. The van der Waals surface area contributed by atoms with Crippen molar-refractivity contribution < 1.29 is 4.57 Å². The molecule has 0 atom stereocenters. The molecular formula is C22H18N5O+. The third kappa shape index (κ3) is 2.58. The monoisotopic (exact) mass is 368 g/mol. The first kappa shape index (κ1) is 16.4. The molecular weight excluding hydrogens is 350 g/mol. The lowest BCUT2D eigenvalue weighted by molar-refractivity contribution is -0.665. The molecule has 0 spiro atoms. The van der Waals surface area contributed by atoms with Crippen LogP contribution in [0.5, 0.6) is 0 Å². The van der Waals surface area contributed by atoms with E-state index in [-0.39, 0.29) is 5.56 Å². The first-order valence-corrected chi connectivity index (χ1v) is 9.04. The third-order valence-electron chi connectivity index (χ3n) is 5.02. The van der Waals surface area contributed by atoms with E-state index in [0.29, 0.717) is 12.1 Å². The van der Waals surface area contributed by atoms with Crippen LogP contribution in [-0.4, -0.2) is 18.9 Å². The lowest BCUT2D eigenvalue weighted by atomic mass is 10.1. The van der Waals surface area contributed by atoms with Gasteiger partial charge in [0.25, 0.3) is 5.65 Å². The van der Waals surface area contributed by atoms with Gasteiger partial charge in [-0.2, -0.15) is 4.40 Å². The SMILES string of the molecule is Cn1cc(-c2c[n+](Cc3cncnc3)c3ccccn3c2=O)c2ccccc21. The molecule has 5 aromatic rings. The van der Waals surface area contributed by atoms with Crippen LogP contribution in [-0.2, 0) is 13.6 Å². The van der Waals surface area contributed by atoms with Crippen LogP contribution in [0.15, 0.2) is 84.6 Å². The summed E-state index contributed by atoms with van der Waals surface area (Å²) in [5.74, 6) is 0. The molecule has 0 saturated heterocycles. The van der Waals surface area contributed by atoms with Crippen molar-refractivity contribution >= 4 is 16.6 Å². The van der Waals surface area contributed by atoms with Gasteiger partial charge in [-0.3, -0.25) is 0 Å². The zero-order valence-electron chi connectivity index (χ0n) is 15.4. The Morgan fingerprint density at radius 1 is 1.00 bits per heavy atom. The largest absolute Gasteiger partial charge is 0.350 e. The minimum Gasteiger partial charge on any atom is -0.350 e. The highest BCUT2D eigenvalue weighted by Gasteiger charge is 2.20. The zero-order valence-corrected chi connectivity index (χ0v) is 15.4. The Morgan fingerprint density at radius 2 is 1.79 bits per heavy atom. The number of fused-ring (bicyclic) bond motifs is 2. The van der Waals surface area contributed by atoms with Crippen LogP contribution >= 0.6 is 0 Å². The summed E-state index contributed by atoms with van der Waals surface area (Å²) in [6.45, 7) is 0.576. The van der Waals surface area contributed by atoms with Crippen molar-refractivity contribution in [1.29, 1.82) is 0 Å². The van der Waals surface area contributed by atoms with Gasteiger partial charge in [0, 0.05) is 53.7 Å². The lowest BCUT2D eigenvalue weighted by Crippen LogP contribution is -2.40. The van der Waals surface area contributed by atoms with Crippen molar-refractivity contribution in [3.05, 3.63) is 95.7 Å². The zero-order chi connectivity index (χ0) is 19.1. The van der Waals surface area contributed by atoms with Gasteiger partial charge in [-0.1, -0.05) is 24.3 Å². The van der Waals surface area contributed by atoms with E-state index >= 15 is 0 Å². The molecule has 0 radical (unpaired) electrons. The van der Waals surface area contributed by atoms with Gasteiger partial charge in [-0.25, -0.2) is 19.3 Å². The standard InChI is InChI=1S/C22H18N5O/c1-25-13-18(17-6-2-3-7-20(17)25)19-14-26(12-16-10-23-15-24-11-16)21-8-4-5-9-27(21)22(19)28/h2-11,13-15H,12H2,1H3/q+1. The van der Waals surface area contributed by atoms with Crippen LogP contribution in [0.4, 0.5) is 0 Å². The van der Waals surface area contributed by atoms with Gasteiger partial charge in [0.15, 0.2) is 0 Å². The number of rotatable bonds is 3. The average molecular weight is 368 g/mol. The highest BCUT2D eigenvalue weighted by atomic mass is 16.1. The summed E-state index contributed by atoms with van der Waals surface area (Å²) in [6, 6.07) is 13.9. The Morgan fingerprint density at radius 3 is 2.64 bits per heavy atom.